The molecule has 6 rings (SSSR count). The van der Waals surface area contributed by atoms with E-state index < -0.39 is 40.4 Å². The lowest BCUT2D eigenvalue weighted by atomic mass is 9.91. The predicted octanol–water partition coefficient (Wildman–Crippen LogP) is 6.46. The second-order valence-electron chi connectivity index (χ2n) is 9.70. The second kappa shape index (κ2) is 10.4. The SMILES string of the molecule is CCOc1nc2c3c(c(C(F)(F)F)c(-c4cccc5sc(N)c(C#N)c45)c(F)c3n1)OCCN2[C@H](C)c1cccnc1N. The number of aromatic nitrogens is 3. The molecule has 5 aromatic rings. The molecule has 1 aliphatic rings. The normalized spacial score (nSPS) is 13.9. The lowest BCUT2D eigenvalue weighted by Crippen LogP contribution is -2.31. The molecule has 0 aliphatic carbocycles. The maximum atomic E-state index is 16.8. The summed E-state index contributed by atoms with van der Waals surface area (Å²) in [5.74, 6) is -1.67. The molecule has 4 N–H and O–H groups in total. The molecule has 2 aromatic carbocycles. The van der Waals surface area contributed by atoms with Gasteiger partial charge in [0.05, 0.1) is 30.1 Å². The molecule has 9 nitrogen and oxygen atoms in total. The number of benzene rings is 2. The molecular formula is C29H23F4N7O2S. The van der Waals surface area contributed by atoms with Crippen LogP contribution in [0.15, 0.2) is 36.5 Å². The monoisotopic (exact) mass is 609 g/mol. The first-order chi connectivity index (χ1) is 20.6. The number of nitrogens with two attached hydrogens (primary N) is 2. The topological polar surface area (TPSA) is 136 Å². The Bertz CT molecular complexity index is 1950. The fourth-order valence-electron chi connectivity index (χ4n) is 5.50. The van der Waals surface area contributed by atoms with Crippen molar-refractivity contribution in [1.29, 1.82) is 5.26 Å². The van der Waals surface area contributed by atoms with Crippen LogP contribution >= 0.6 is 11.3 Å². The zero-order valence-electron chi connectivity index (χ0n) is 22.8. The summed E-state index contributed by atoms with van der Waals surface area (Å²) in [7, 11) is 0. The first-order valence-electron chi connectivity index (χ1n) is 13.1. The van der Waals surface area contributed by atoms with Crippen LogP contribution in [0.3, 0.4) is 0 Å². The third-order valence-corrected chi connectivity index (χ3v) is 8.31. The van der Waals surface area contributed by atoms with Crippen molar-refractivity contribution in [2.24, 2.45) is 0 Å². The van der Waals surface area contributed by atoms with E-state index in [1.54, 1.807) is 36.9 Å². The minimum absolute atomic E-state index is 0.0108. The van der Waals surface area contributed by atoms with Crippen LogP contribution < -0.4 is 25.8 Å². The van der Waals surface area contributed by atoms with E-state index in [1.807, 2.05) is 6.07 Å². The van der Waals surface area contributed by atoms with Crippen LogP contribution in [0, 0.1) is 17.1 Å². The number of halogens is 4. The van der Waals surface area contributed by atoms with Gasteiger partial charge in [-0.15, -0.1) is 11.3 Å². The van der Waals surface area contributed by atoms with E-state index >= 15 is 17.6 Å². The Morgan fingerprint density at radius 1 is 1.19 bits per heavy atom. The van der Waals surface area contributed by atoms with Crippen LogP contribution in [0.2, 0.25) is 0 Å². The fraction of sp³-hybridized carbons (Fsp3) is 0.241. The number of nitrogen functional groups attached to an aromatic ring is 2. The zero-order chi connectivity index (χ0) is 30.6. The van der Waals surface area contributed by atoms with Crippen molar-refractivity contribution in [3.63, 3.8) is 0 Å². The summed E-state index contributed by atoms with van der Waals surface area (Å²) >= 11 is 1.03. The van der Waals surface area contributed by atoms with E-state index in [9.17, 15) is 5.26 Å². The van der Waals surface area contributed by atoms with Gasteiger partial charge in [0.2, 0.25) is 0 Å². The number of pyridine rings is 1. The number of ether oxygens (including phenoxy) is 2. The van der Waals surface area contributed by atoms with Crippen LogP contribution in [0.5, 0.6) is 11.8 Å². The molecule has 1 atom stereocenters. The highest BCUT2D eigenvalue weighted by Gasteiger charge is 2.44. The largest absolute Gasteiger partial charge is 0.490 e. The predicted molar refractivity (Wildman–Crippen MR) is 156 cm³/mol. The Hall–Kier alpha value is -4.90. The van der Waals surface area contributed by atoms with Crippen molar-refractivity contribution in [2.45, 2.75) is 26.1 Å². The Morgan fingerprint density at radius 2 is 1.98 bits per heavy atom. The lowest BCUT2D eigenvalue weighted by Gasteiger charge is -2.30. The van der Waals surface area contributed by atoms with Gasteiger partial charge in [0.15, 0.2) is 5.82 Å². The van der Waals surface area contributed by atoms with E-state index in [0.717, 1.165) is 11.3 Å². The third-order valence-electron chi connectivity index (χ3n) is 7.32. The Kier molecular flexibility index (Phi) is 6.84. The van der Waals surface area contributed by atoms with E-state index in [4.69, 9.17) is 20.9 Å². The summed E-state index contributed by atoms with van der Waals surface area (Å²) in [6.07, 6.45) is -3.56. The maximum Gasteiger partial charge on any atom is 0.420 e. The highest BCUT2D eigenvalue weighted by atomic mass is 32.1. The molecule has 0 spiro atoms. The van der Waals surface area contributed by atoms with Gasteiger partial charge in [-0.3, -0.25) is 0 Å². The summed E-state index contributed by atoms with van der Waals surface area (Å²) in [4.78, 5) is 14.5. The molecule has 3 aromatic heterocycles. The third kappa shape index (κ3) is 4.47. The fourth-order valence-corrected chi connectivity index (χ4v) is 6.45. The van der Waals surface area contributed by atoms with Gasteiger partial charge < -0.3 is 25.8 Å². The average Bonchev–Trinajstić information content (AvgIpc) is 3.18. The lowest BCUT2D eigenvalue weighted by molar-refractivity contribution is -0.138. The van der Waals surface area contributed by atoms with Crippen molar-refractivity contribution in [3.05, 3.63) is 59.0 Å². The summed E-state index contributed by atoms with van der Waals surface area (Å²) in [5, 5.41) is 9.76. The molecule has 0 amide bonds. The zero-order valence-corrected chi connectivity index (χ0v) is 23.6. The van der Waals surface area contributed by atoms with E-state index in [2.05, 4.69) is 15.0 Å². The first kappa shape index (κ1) is 28.2. The summed E-state index contributed by atoms with van der Waals surface area (Å²) in [5.41, 5.74) is 9.97. The van der Waals surface area contributed by atoms with Crippen LogP contribution in [0.25, 0.3) is 32.1 Å². The molecule has 0 saturated heterocycles. The van der Waals surface area contributed by atoms with Gasteiger partial charge in [-0.25, -0.2) is 9.37 Å². The average molecular weight is 610 g/mol. The molecule has 14 heteroatoms. The number of hydrogen-bond donors (Lipinski definition) is 2. The van der Waals surface area contributed by atoms with Crippen LogP contribution in [0.1, 0.15) is 36.6 Å². The molecule has 0 fully saturated rings. The van der Waals surface area contributed by atoms with Crippen molar-refractivity contribution in [3.8, 4) is 29.0 Å². The van der Waals surface area contributed by atoms with Crippen molar-refractivity contribution in [1.82, 2.24) is 15.0 Å². The van der Waals surface area contributed by atoms with Crippen molar-refractivity contribution >= 4 is 49.0 Å². The molecule has 0 bridgehead atoms. The summed E-state index contributed by atoms with van der Waals surface area (Å²) < 4.78 is 74.0. The number of nitrogens with zero attached hydrogens (tertiary/aromatic N) is 5. The van der Waals surface area contributed by atoms with Gasteiger partial charge in [-0.1, -0.05) is 18.2 Å². The quantitative estimate of drug-likeness (QED) is 0.215. The standard InChI is InChI=1S/C29H23F4N7O2S/c1-3-41-28-38-23-20-24(42-11-10-40(27(20)39-28)13(2)14-7-5-9-37-25(14)35)21(29(31,32)33)19(22(23)30)15-6-4-8-17-18(15)16(12-34)26(36)43-17/h4-9,13H,3,10-11,36H2,1-2H3,(H2,35,37)/t13-/m1/s1. The molecule has 43 heavy (non-hydrogen) atoms. The van der Waals surface area contributed by atoms with Gasteiger partial charge in [-0.05, 0) is 31.5 Å². The van der Waals surface area contributed by atoms with Crippen LogP contribution in [0.4, 0.5) is 34.2 Å². The van der Waals surface area contributed by atoms with Gasteiger partial charge >= 0.3 is 12.2 Å². The summed E-state index contributed by atoms with van der Waals surface area (Å²) in [6.45, 7) is 3.45. The molecule has 0 radical (unpaired) electrons. The van der Waals surface area contributed by atoms with E-state index in [-0.39, 0.29) is 64.3 Å². The van der Waals surface area contributed by atoms with Crippen LogP contribution in [-0.2, 0) is 6.18 Å². The Morgan fingerprint density at radius 3 is 2.67 bits per heavy atom. The highest BCUT2D eigenvalue weighted by molar-refractivity contribution is 7.23. The first-order valence-corrected chi connectivity index (χ1v) is 14.0. The molecular weight excluding hydrogens is 586 g/mol. The summed E-state index contributed by atoms with van der Waals surface area (Å²) in [6, 6.07) is 9.02. The van der Waals surface area contributed by atoms with Gasteiger partial charge in [0.1, 0.15) is 46.1 Å². The number of fused-ring (bicyclic) bond motifs is 1. The second-order valence-corrected chi connectivity index (χ2v) is 10.8. The number of rotatable bonds is 5. The minimum atomic E-state index is -5.08. The minimum Gasteiger partial charge on any atom is -0.490 e. The maximum absolute atomic E-state index is 16.8. The van der Waals surface area contributed by atoms with Crippen molar-refractivity contribution < 1.29 is 27.0 Å². The molecule has 220 valence electrons. The van der Waals surface area contributed by atoms with E-state index in [0.29, 0.717) is 10.3 Å². The number of alkyl halides is 3. The Balaban J connectivity index is 1.75. The molecule has 1 aliphatic heterocycles. The Labute approximate surface area is 246 Å². The molecule has 0 unspecified atom stereocenters. The van der Waals surface area contributed by atoms with Gasteiger partial charge in [-0.2, -0.15) is 28.4 Å². The van der Waals surface area contributed by atoms with Gasteiger partial charge in [0.25, 0.3) is 0 Å². The van der Waals surface area contributed by atoms with E-state index in [1.165, 1.54) is 18.3 Å². The smallest absolute Gasteiger partial charge is 0.420 e. The number of thiophene rings is 1. The molecule has 0 saturated carbocycles. The number of nitriles is 1. The van der Waals surface area contributed by atoms with Crippen LogP contribution in [-0.4, -0.2) is 34.7 Å². The van der Waals surface area contributed by atoms with Gasteiger partial charge in [0, 0.05) is 27.4 Å². The number of anilines is 3. The highest BCUT2D eigenvalue weighted by Crippen LogP contribution is 2.53. The number of hydrogen-bond acceptors (Lipinski definition) is 10. The van der Waals surface area contributed by atoms with Crippen molar-refractivity contribution in [2.75, 3.05) is 36.1 Å². The molecule has 4 heterocycles.